The van der Waals surface area contributed by atoms with Crippen molar-refractivity contribution in [2.75, 3.05) is 32.1 Å². The van der Waals surface area contributed by atoms with Crippen LogP contribution < -0.4 is 10.6 Å². The van der Waals surface area contributed by atoms with Gasteiger partial charge in [0.1, 0.15) is 5.71 Å². The van der Waals surface area contributed by atoms with E-state index in [4.69, 9.17) is 4.74 Å². The highest BCUT2D eigenvalue weighted by molar-refractivity contribution is 6.43. The summed E-state index contributed by atoms with van der Waals surface area (Å²) in [6.07, 6.45) is 1.30. The van der Waals surface area contributed by atoms with Gasteiger partial charge in [-0.2, -0.15) is 5.10 Å². The molecule has 0 aliphatic carbocycles. The van der Waals surface area contributed by atoms with E-state index in [9.17, 15) is 14.4 Å². The van der Waals surface area contributed by atoms with Crippen LogP contribution >= 0.6 is 0 Å². The number of rotatable bonds is 8. The molecule has 0 aromatic heterocycles. The van der Waals surface area contributed by atoms with E-state index in [0.717, 1.165) is 6.42 Å². The summed E-state index contributed by atoms with van der Waals surface area (Å²) < 4.78 is 5.22. The lowest BCUT2D eigenvalue weighted by molar-refractivity contribution is -0.130. The van der Waals surface area contributed by atoms with Crippen LogP contribution in [0.15, 0.2) is 29.4 Å². The Hall–Kier alpha value is -2.74. The van der Waals surface area contributed by atoms with Crippen molar-refractivity contribution in [2.24, 2.45) is 5.10 Å². The van der Waals surface area contributed by atoms with Crippen molar-refractivity contribution < 1.29 is 19.1 Å². The normalized spacial score (nSPS) is 14.0. The van der Waals surface area contributed by atoms with E-state index in [1.54, 1.807) is 24.3 Å². The van der Waals surface area contributed by atoms with Gasteiger partial charge in [-0.15, -0.1) is 0 Å². The van der Waals surface area contributed by atoms with Crippen molar-refractivity contribution in [3.8, 4) is 0 Å². The summed E-state index contributed by atoms with van der Waals surface area (Å²) in [5, 5.41) is 10.7. The number of anilines is 1. The number of nitrogens with one attached hydrogen (secondary N) is 2. The van der Waals surface area contributed by atoms with Gasteiger partial charge in [-0.25, -0.2) is 5.01 Å². The molecule has 0 saturated heterocycles. The molecular weight excluding hydrogens is 336 g/mol. The monoisotopic (exact) mass is 360 g/mol. The molecule has 3 amide bonds. The van der Waals surface area contributed by atoms with Crippen LogP contribution in [-0.4, -0.2) is 55.2 Å². The van der Waals surface area contributed by atoms with Crippen LogP contribution in [0.1, 0.15) is 36.5 Å². The van der Waals surface area contributed by atoms with E-state index < -0.39 is 0 Å². The maximum absolute atomic E-state index is 12.3. The van der Waals surface area contributed by atoms with Crippen molar-refractivity contribution in [1.82, 2.24) is 10.3 Å². The molecule has 2 rings (SSSR count). The van der Waals surface area contributed by atoms with Gasteiger partial charge in [0.15, 0.2) is 0 Å². The average molecular weight is 360 g/mol. The number of benzene rings is 1. The maximum atomic E-state index is 12.3. The number of hydrogen-bond donors (Lipinski definition) is 2. The minimum atomic E-state index is -0.376. The fourth-order valence-corrected chi connectivity index (χ4v) is 2.40. The summed E-state index contributed by atoms with van der Waals surface area (Å²) in [5.74, 6) is -0.707. The fourth-order valence-electron chi connectivity index (χ4n) is 2.40. The lowest BCUT2D eigenvalue weighted by Crippen LogP contribution is -2.34. The standard InChI is InChI=1S/C18H24N4O4/c1-3-26-11-5-10-19-17(24)13-6-4-7-14(12-13)20-18(25)15-8-9-16(23)22(2)21-15/h4,6-7,12H,3,5,8-11H2,1-2H3,(H,19,24)(H,20,25). The zero-order valence-corrected chi connectivity index (χ0v) is 15.1. The van der Waals surface area contributed by atoms with Crippen molar-refractivity contribution in [2.45, 2.75) is 26.2 Å². The van der Waals surface area contributed by atoms with Crippen LogP contribution in [0, 0.1) is 0 Å². The Morgan fingerprint density at radius 1 is 1.27 bits per heavy atom. The second-order valence-corrected chi connectivity index (χ2v) is 5.81. The summed E-state index contributed by atoms with van der Waals surface area (Å²) in [4.78, 5) is 35.9. The Morgan fingerprint density at radius 2 is 2.08 bits per heavy atom. The van der Waals surface area contributed by atoms with Crippen molar-refractivity contribution >= 4 is 29.1 Å². The first-order chi connectivity index (χ1) is 12.5. The summed E-state index contributed by atoms with van der Waals surface area (Å²) >= 11 is 0. The van der Waals surface area contributed by atoms with Gasteiger partial charge >= 0.3 is 0 Å². The molecule has 1 aliphatic rings. The van der Waals surface area contributed by atoms with Crippen molar-refractivity contribution in [3.63, 3.8) is 0 Å². The largest absolute Gasteiger partial charge is 0.382 e. The molecule has 1 aromatic rings. The molecule has 1 aromatic carbocycles. The SMILES string of the molecule is CCOCCCNC(=O)c1cccc(NC(=O)C2=NN(C)C(=O)CC2)c1. The summed E-state index contributed by atoms with van der Waals surface area (Å²) in [5.41, 5.74) is 1.24. The van der Waals surface area contributed by atoms with E-state index >= 15 is 0 Å². The molecule has 0 atom stereocenters. The quantitative estimate of drug-likeness (QED) is 0.684. The predicted octanol–water partition coefficient (Wildman–Crippen LogP) is 1.39. The van der Waals surface area contributed by atoms with Crippen LogP contribution in [0.5, 0.6) is 0 Å². The van der Waals surface area contributed by atoms with Crippen LogP contribution in [0.2, 0.25) is 0 Å². The third-order valence-corrected chi connectivity index (χ3v) is 3.81. The first-order valence-corrected chi connectivity index (χ1v) is 8.62. The van der Waals surface area contributed by atoms with E-state index in [1.807, 2.05) is 6.92 Å². The van der Waals surface area contributed by atoms with Crippen LogP contribution in [0.4, 0.5) is 5.69 Å². The highest BCUT2D eigenvalue weighted by atomic mass is 16.5. The molecule has 8 heteroatoms. The smallest absolute Gasteiger partial charge is 0.271 e. The van der Waals surface area contributed by atoms with E-state index in [2.05, 4.69) is 15.7 Å². The van der Waals surface area contributed by atoms with Gasteiger partial charge < -0.3 is 15.4 Å². The van der Waals surface area contributed by atoms with E-state index in [-0.39, 0.29) is 29.9 Å². The topological polar surface area (TPSA) is 100 Å². The molecule has 0 spiro atoms. The number of hydrazone groups is 1. The molecule has 0 fully saturated rings. The Kier molecular flexibility index (Phi) is 7.28. The van der Waals surface area contributed by atoms with Gasteiger partial charge in [-0.05, 0) is 31.5 Å². The summed E-state index contributed by atoms with van der Waals surface area (Å²) in [7, 11) is 1.52. The summed E-state index contributed by atoms with van der Waals surface area (Å²) in [6, 6.07) is 6.68. The average Bonchev–Trinajstić information content (AvgIpc) is 2.63. The first kappa shape index (κ1) is 19.6. The third-order valence-electron chi connectivity index (χ3n) is 3.81. The third kappa shape index (κ3) is 5.66. The van der Waals surface area contributed by atoms with Gasteiger partial charge in [0, 0.05) is 50.9 Å². The maximum Gasteiger partial charge on any atom is 0.271 e. The van der Waals surface area contributed by atoms with Crippen LogP contribution in [0.25, 0.3) is 0 Å². The lowest BCUT2D eigenvalue weighted by Gasteiger charge is -2.19. The zero-order valence-electron chi connectivity index (χ0n) is 15.1. The van der Waals surface area contributed by atoms with Crippen LogP contribution in [-0.2, 0) is 14.3 Å². The Balaban J connectivity index is 1.92. The lowest BCUT2D eigenvalue weighted by atomic mass is 10.1. The highest BCUT2D eigenvalue weighted by Gasteiger charge is 2.22. The second-order valence-electron chi connectivity index (χ2n) is 5.81. The molecule has 8 nitrogen and oxygen atoms in total. The molecule has 0 radical (unpaired) electrons. The minimum absolute atomic E-state index is 0.121. The number of hydrogen-bond acceptors (Lipinski definition) is 5. The second kappa shape index (κ2) is 9.67. The fraction of sp³-hybridized carbons (Fsp3) is 0.444. The molecule has 26 heavy (non-hydrogen) atoms. The van der Waals surface area contributed by atoms with E-state index in [0.29, 0.717) is 37.4 Å². The molecule has 1 aliphatic heterocycles. The number of ether oxygens (including phenoxy) is 1. The molecule has 0 unspecified atom stereocenters. The highest BCUT2D eigenvalue weighted by Crippen LogP contribution is 2.13. The number of nitrogens with zero attached hydrogens (tertiary/aromatic N) is 2. The molecular formula is C18H24N4O4. The van der Waals surface area contributed by atoms with Gasteiger partial charge in [0.2, 0.25) is 5.91 Å². The zero-order chi connectivity index (χ0) is 18.9. The molecule has 0 bridgehead atoms. The number of amides is 3. The Labute approximate surface area is 152 Å². The molecule has 0 saturated carbocycles. The first-order valence-electron chi connectivity index (χ1n) is 8.62. The van der Waals surface area contributed by atoms with Gasteiger partial charge in [-0.1, -0.05) is 6.07 Å². The van der Waals surface area contributed by atoms with Gasteiger partial charge in [0.25, 0.3) is 11.8 Å². The van der Waals surface area contributed by atoms with Crippen LogP contribution in [0.3, 0.4) is 0 Å². The molecule has 1 heterocycles. The van der Waals surface area contributed by atoms with Crippen molar-refractivity contribution in [1.29, 1.82) is 0 Å². The van der Waals surface area contributed by atoms with E-state index in [1.165, 1.54) is 12.1 Å². The summed E-state index contributed by atoms with van der Waals surface area (Å²) in [6.45, 7) is 3.70. The van der Waals surface area contributed by atoms with Gasteiger partial charge in [-0.3, -0.25) is 14.4 Å². The van der Waals surface area contributed by atoms with Crippen molar-refractivity contribution in [3.05, 3.63) is 29.8 Å². The molecule has 2 N–H and O–H groups in total. The Morgan fingerprint density at radius 3 is 2.81 bits per heavy atom. The predicted molar refractivity (Wildman–Crippen MR) is 98.0 cm³/mol. The van der Waals surface area contributed by atoms with Gasteiger partial charge in [0.05, 0.1) is 0 Å². The minimum Gasteiger partial charge on any atom is -0.382 e. The number of carbonyl (C=O) groups is 3. The molecule has 140 valence electrons. The Bertz CT molecular complexity index is 702. The number of carbonyl (C=O) groups excluding carboxylic acids is 3.